The van der Waals surface area contributed by atoms with Crippen molar-refractivity contribution in [2.75, 3.05) is 0 Å². The Kier molecular flexibility index (Phi) is 7.12. The molecule has 0 saturated heterocycles. The Bertz CT molecular complexity index is 269. The van der Waals surface area contributed by atoms with E-state index in [1.54, 1.807) is 0 Å². The summed E-state index contributed by atoms with van der Waals surface area (Å²) in [5.74, 6) is 0. The maximum absolute atomic E-state index is 2.29. The summed E-state index contributed by atoms with van der Waals surface area (Å²) in [4.78, 5) is 0. The summed E-state index contributed by atoms with van der Waals surface area (Å²) in [7, 11) is 0. The van der Waals surface area contributed by atoms with E-state index in [1.807, 2.05) is 0 Å². The lowest BCUT2D eigenvalue weighted by Gasteiger charge is -2.22. The molecule has 0 spiro atoms. The van der Waals surface area contributed by atoms with Crippen molar-refractivity contribution in [2.24, 2.45) is 5.41 Å². The highest BCUT2D eigenvalue weighted by molar-refractivity contribution is 5.30. The molecule has 0 N–H and O–H groups in total. The highest BCUT2D eigenvalue weighted by Gasteiger charge is 2.15. The maximum Gasteiger partial charge on any atom is -0.00979 e. The van der Waals surface area contributed by atoms with Gasteiger partial charge < -0.3 is 0 Å². The molecule has 0 nitrogen and oxygen atoms in total. The molecule has 0 aromatic carbocycles. The topological polar surface area (TPSA) is 0 Å². The first-order chi connectivity index (χ1) is 7.43. The molecule has 0 aromatic heterocycles. The molecule has 16 heavy (non-hydrogen) atoms. The molecule has 0 aliphatic carbocycles. The zero-order valence-electron chi connectivity index (χ0n) is 11.9. The first-order valence-corrected chi connectivity index (χ1v) is 6.45. The number of hydrogen-bond donors (Lipinski definition) is 0. The molecule has 0 atom stereocenters. The first-order valence-electron chi connectivity index (χ1n) is 6.45. The summed E-state index contributed by atoms with van der Waals surface area (Å²) in [6, 6.07) is 0. The third-order valence-corrected chi connectivity index (χ3v) is 2.90. The Labute approximate surface area is 102 Å². The van der Waals surface area contributed by atoms with Gasteiger partial charge in [-0.1, -0.05) is 64.5 Å². The van der Waals surface area contributed by atoms with Crippen LogP contribution in [0.1, 0.15) is 60.8 Å². The van der Waals surface area contributed by atoms with Crippen molar-refractivity contribution in [2.45, 2.75) is 60.8 Å². The van der Waals surface area contributed by atoms with Gasteiger partial charge >= 0.3 is 0 Å². The van der Waals surface area contributed by atoms with Crippen molar-refractivity contribution in [1.82, 2.24) is 0 Å². The van der Waals surface area contributed by atoms with Crippen LogP contribution in [-0.2, 0) is 0 Å². The van der Waals surface area contributed by atoms with E-state index in [4.69, 9.17) is 0 Å². The molecule has 0 aromatic rings. The fraction of sp³-hybridized carbons (Fsp3) is 0.625. The number of allylic oxidation sites excluding steroid dienone is 6. The molecule has 92 valence electrons. The Morgan fingerprint density at radius 3 is 1.94 bits per heavy atom. The van der Waals surface area contributed by atoms with Gasteiger partial charge in [-0.2, -0.15) is 0 Å². The van der Waals surface area contributed by atoms with Gasteiger partial charge in [0.15, 0.2) is 0 Å². The van der Waals surface area contributed by atoms with E-state index in [2.05, 4.69) is 65.8 Å². The largest absolute Gasteiger partial charge is 0.0885 e. The molecule has 0 fully saturated rings. The highest BCUT2D eigenvalue weighted by atomic mass is 14.2. The van der Waals surface area contributed by atoms with Gasteiger partial charge in [0.1, 0.15) is 0 Å². The van der Waals surface area contributed by atoms with Crippen molar-refractivity contribution in [3.8, 4) is 0 Å². The summed E-state index contributed by atoms with van der Waals surface area (Å²) in [6.07, 6.45) is 12.4. The summed E-state index contributed by atoms with van der Waals surface area (Å²) in [5, 5.41) is 0. The molecule has 0 heteroatoms. The minimum atomic E-state index is 0.271. The van der Waals surface area contributed by atoms with Gasteiger partial charge in [-0.15, -0.1) is 0 Å². The van der Waals surface area contributed by atoms with E-state index in [9.17, 15) is 0 Å². The van der Waals surface area contributed by atoms with Crippen LogP contribution >= 0.6 is 0 Å². The average Bonchev–Trinajstić information content (AvgIpc) is 2.21. The van der Waals surface area contributed by atoms with Gasteiger partial charge in [-0.25, -0.2) is 0 Å². The van der Waals surface area contributed by atoms with Gasteiger partial charge in [0, 0.05) is 0 Å². The zero-order valence-corrected chi connectivity index (χ0v) is 11.9. The molecular formula is C16H28. The lowest BCUT2D eigenvalue weighted by molar-refractivity contribution is 0.499. The molecule has 0 unspecified atom stereocenters. The SMILES string of the molecule is CCC=CCC(C=CCC)=C(C)C(C)(C)C. The van der Waals surface area contributed by atoms with Gasteiger partial charge in [-0.3, -0.25) is 0 Å². The molecule has 0 heterocycles. The van der Waals surface area contributed by atoms with Crippen LogP contribution in [0.4, 0.5) is 0 Å². The summed E-state index contributed by atoms with van der Waals surface area (Å²) < 4.78 is 0. The van der Waals surface area contributed by atoms with Gasteiger partial charge in [0.25, 0.3) is 0 Å². The van der Waals surface area contributed by atoms with Crippen LogP contribution in [0.3, 0.4) is 0 Å². The monoisotopic (exact) mass is 220 g/mol. The Morgan fingerprint density at radius 2 is 1.50 bits per heavy atom. The smallest absolute Gasteiger partial charge is 0.00979 e. The van der Waals surface area contributed by atoms with E-state index in [0.29, 0.717) is 0 Å². The average molecular weight is 220 g/mol. The van der Waals surface area contributed by atoms with E-state index >= 15 is 0 Å². The maximum atomic E-state index is 2.29. The van der Waals surface area contributed by atoms with Crippen LogP contribution in [0.15, 0.2) is 35.5 Å². The molecular weight excluding hydrogens is 192 g/mol. The van der Waals surface area contributed by atoms with E-state index in [0.717, 1.165) is 19.3 Å². The quantitative estimate of drug-likeness (QED) is 0.413. The second kappa shape index (κ2) is 7.49. The molecule has 0 rings (SSSR count). The minimum absolute atomic E-state index is 0.271. The third-order valence-electron chi connectivity index (χ3n) is 2.90. The van der Waals surface area contributed by atoms with E-state index in [-0.39, 0.29) is 5.41 Å². The van der Waals surface area contributed by atoms with E-state index in [1.165, 1.54) is 11.1 Å². The van der Waals surface area contributed by atoms with Gasteiger partial charge in [-0.05, 0) is 37.2 Å². The van der Waals surface area contributed by atoms with Gasteiger partial charge in [0.2, 0.25) is 0 Å². The normalized spacial score (nSPS) is 14.9. The fourth-order valence-electron chi connectivity index (χ4n) is 1.46. The highest BCUT2D eigenvalue weighted by Crippen LogP contribution is 2.29. The molecule has 0 radical (unpaired) electrons. The van der Waals surface area contributed by atoms with Crippen molar-refractivity contribution < 1.29 is 0 Å². The minimum Gasteiger partial charge on any atom is -0.0885 e. The van der Waals surface area contributed by atoms with Crippen LogP contribution in [0, 0.1) is 5.41 Å². The Balaban J connectivity index is 4.92. The van der Waals surface area contributed by atoms with Crippen LogP contribution < -0.4 is 0 Å². The number of rotatable bonds is 5. The van der Waals surface area contributed by atoms with Crippen molar-refractivity contribution in [1.29, 1.82) is 0 Å². The first kappa shape index (κ1) is 15.2. The van der Waals surface area contributed by atoms with Crippen molar-refractivity contribution in [3.63, 3.8) is 0 Å². The van der Waals surface area contributed by atoms with Crippen molar-refractivity contribution in [3.05, 3.63) is 35.5 Å². The van der Waals surface area contributed by atoms with Crippen LogP contribution in [-0.4, -0.2) is 0 Å². The second-order valence-electron chi connectivity index (χ2n) is 5.29. The molecule has 0 bridgehead atoms. The molecule has 0 aliphatic rings. The third kappa shape index (κ3) is 5.95. The van der Waals surface area contributed by atoms with Crippen LogP contribution in [0.2, 0.25) is 0 Å². The predicted molar refractivity (Wildman–Crippen MR) is 75.6 cm³/mol. The molecule has 0 aliphatic heterocycles. The number of hydrogen-bond acceptors (Lipinski definition) is 0. The summed E-state index contributed by atoms with van der Waals surface area (Å²) >= 11 is 0. The standard InChI is InChI=1S/C16H28/c1-7-9-11-13-15(12-10-8-2)14(3)16(4,5)6/h9-12H,7-8,13H2,1-6H3. The summed E-state index contributed by atoms with van der Waals surface area (Å²) in [6.45, 7) is 13.5. The van der Waals surface area contributed by atoms with Crippen LogP contribution in [0.25, 0.3) is 0 Å². The van der Waals surface area contributed by atoms with E-state index < -0.39 is 0 Å². The lowest BCUT2D eigenvalue weighted by Crippen LogP contribution is -2.08. The Morgan fingerprint density at radius 1 is 0.938 bits per heavy atom. The fourth-order valence-corrected chi connectivity index (χ4v) is 1.46. The van der Waals surface area contributed by atoms with Gasteiger partial charge in [0.05, 0.1) is 0 Å². The molecule has 0 amide bonds. The zero-order chi connectivity index (χ0) is 12.6. The predicted octanol–water partition coefficient (Wildman–Crippen LogP) is 5.67. The van der Waals surface area contributed by atoms with Crippen molar-refractivity contribution >= 4 is 0 Å². The van der Waals surface area contributed by atoms with Crippen LogP contribution in [0.5, 0.6) is 0 Å². The Hall–Kier alpha value is -0.780. The summed E-state index contributed by atoms with van der Waals surface area (Å²) in [5.41, 5.74) is 3.24. The molecule has 0 saturated carbocycles. The second-order valence-corrected chi connectivity index (χ2v) is 5.29. The lowest BCUT2D eigenvalue weighted by atomic mass is 9.83.